The zero-order valence-corrected chi connectivity index (χ0v) is 19.2. The number of methoxy groups -OCH3 is 1. The van der Waals surface area contributed by atoms with Gasteiger partial charge in [0.05, 0.1) is 19.1 Å². The van der Waals surface area contributed by atoms with Crippen LogP contribution in [-0.2, 0) is 4.79 Å². The first-order valence-corrected chi connectivity index (χ1v) is 11.4. The van der Waals surface area contributed by atoms with Gasteiger partial charge in [-0.15, -0.1) is 0 Å². The van der Waals surface area contributed by atoms with E-state index >= 15 is 0 Å². The van der Waals surface area contributed by atoms with Gasteiger partial charge >= 0.3 is 0 Å². The number of carbonyl (C=O) groups excluding carboxylic acids is 2. The maximum absolute atomic E-state index is 13.9. The molecule has 5 heteroatoms. The highest BCUT2D eigenvalue weighted by atomic mass is 16.5. The summed E-state index contributed by atoms with van der Waals surface area (Å²) < 4.78 is 5.47. The van der Waals surface area contributed by atoms with Crippen LogP contribution in [0.5, 0.6) is 5.75 Å². The molecule has 1 fully saturated rings. The van der Waals surface area contributed by atoms with Crippen molar-refractivity contribution in [3.8, 4) is 5.75 Å². The third-order valence-electron chi connectivity index (χ3n) is 6.81. The molecule has 0 saturated heterocycles. The lowest BCUT2D eigenvalue weighted by Gasteiger charge is -2.42. The minimum Gasteiger partial charge on any atom is -0.497 e. The third-order valence-corrected chi connectivity index (χ3v) is 6.81. The highest BCUT2D eigenvalue weighted by molar-refractivity contribution is 6.04. The van der Waals surface area contributed by atoms with E-state index in [1.807, 2.05) is 78.6 Å². The minimum atomic E-state index is -0.534. The highest BCUT2D eigenvalue weighted by Crippen LogP contribution is 2.48. The van der Waals surface area contributed by atoms with Gasteiger partial charge in [0.1, 0.15) is 5.75 Å². The average Bonchev–Trinajstić information content (AvgIpc) is 3.66. The second-order valence-electron chi connectivity index (χ2n) is 9.02. The van der Waals surface area contributed by atoms with E-state index in [0.717, 1.165) is 35.2 Å². The van der Waals surface area contributed by atoms with Crippen LogP contribution in [0.15, 0.2) is 66.7 Å². The maximum atomic E-state index is 13.9. The number of rotatable bonds is 5. The van der Waals surface area contributed by atoms with Gasteiger partial charge in [-0.1, -0.05) is 36.4 Å². The molecule has 2 amide bonds. The van der Waals surface area contributed by atoms with E-state index in [2.05, 4.69) is 12.2 Å². The van der Waals surface area contributed by atoms with Gasteiger partial charge in [-0.3, -0.25) is 9.59 Å². The predicted octanol–water partition coefficient (Wildman–Crippen LogP) is 5.39. The predicted molar refractivity (Wildman–Crippen MR) is 129 cm³/mol. The summed E-state index contributed by atoms with van der Waals surface area (Å²) in [5.74, 6) is 0.0592. The molecule has 5 rings (SSSR count). The first-order valence-electron chi connectivity index (χ1n) is 11.4. The molecule has 1 aliphatic heterocycles. The van der Waals surface area contributed by atoms with E-state index in [4.69, 9.17) is 4.74 Å². The van der Waals surface area contributed by atoms with Crippen LogP contribution in [0.2, 0.25) is 0 Å². The van der Waals surface area contributed by atoms with Gasteiger partial charge in [0.2, 0.25) is 5.91 Å². The van der Waals surface area contributed by atoms with Crippen LogP contribution in [0.3, 0.4) is 0 Å². The molecule has 0 bridgehead atoms. The quantitative estimate of drug-likeness (QED) is 0.578. The van der Waals surface area contributed by atoms with Crippen LogP contribution in [0, 0.1) is 13.8 Å². The SMILES string of the molecule is COc1cccc(C2C(C(=O)Nc3ccc(C)c(C)c3)c3ccccc3C(=O)N2C2CC2)c1. The molecule has 5 nitrogen and oxygen atoms in total. The summed E-state index contributed by atoms with van der Waals surface area (Å²) in [4.78, 5) is 29.4. The molecule has 0 spiro atoms. The molecule has 1 saturated carbocycles. The average molecular weight is 441 g/mol. The van der Waals surface area contributed by atoms with Crippen molar-refractivity contribution < 1.29 is 14.3 Å². The molecule has 3 aromatic carbocycles. The van der Waals surface area contributed by atoms with Gasteiger partial charge in [-0.2, -0.15) is 0 Å². The molecular weight excluding hydrogens is 412 g/mol. The van der Waals surface area contributed by atoms with Crippen molar-refractivity contribution in [1.29, 1.82) is 0 Å². The zero-order chi connectivity index (χ0) is 23.1. The van der Waals surface area contributed by atoms with E-state index in [9.17, 15) is 9.59 Å². The number of hydrogen-bond acceptors (Lipinski definition) is 3. The summed E-state index contributed by atoms with van der Waals surface area (Å²) in [6.07, 6.45) is 1.92. The van der Waals surface area contributed by atoms with Gasteiger partial charge in [0.15, 0.2) is 0 Å². The second-order valence-corrected chi connectivity index (χ2v) is 9.02. The molecular formula is C28H28N2O3. The Balaban J connectivity index is 1.63. The Morgan fingerprint density at radius 3 is 2.48 bits per heavy atom. The maximum Gasteiger partial charge on any atom is 0.254 e. The number of carbonyl (C=O) groups is 2. The van der Waals surface area contributed by atoms with Crippen molar-refractivity contribution in [2.75, 3.05) is 12.4 Å². The molecule has 2 unspecified atom stereocenters. The van der Waals surface area contributed by atoms with E-state index in [-0.39, 0.29) is 17.9 Å². The van der Waals surface area contributed by atoms with Gasteiger partial charge < -0.3 is 15.0 Å². The first kappa shape index (κ1) is 21.3. The fourth-order valence-corrected chi connectivity index (χ4v) is 4.81. The van der Waals surface area contributed by atoms with E-state index < -0.39 is 12.0 Å². The van der Waals surface area contributed by atoms with Gasteiger partial charge in [0.25, 0.3) is 5.91 Å². The molecule has 1 heterocycles. The van der Waals surface area contributed by atoms with Crippen LogP contribution in [0.4, 0.5) is 5.69 Å². The summed E-state index contributed by atoms with van der Waals surface area (Å²) >= 11 is 0. The number of nitrogens with one attached hydrogen (secondary N) is 1. The summed E-state index contributed by atoms with van der Waals surface area (Å²) in [6.45, 7) is 4.09. The van der Waals surface area contributed by atoms with Crippen molar-refractivity contribution in [2.24, 2.45) is 0 Å². The molecule has 1 N–H and O–H groups in total. The van der Waals surface area contributed by atoms with Crippen LogP contribution in [0.1, 0.15) is 57.4 Å². The van der Waals surface area contributed by atoms with E-state index in [1.54, 1.807) is 7.11 Å². The van der Waals surface area contributed by atoms with Crippen molar-refractivity contribution in [3.05, 3.63) is 94.5 Å². The topological polar surface area (TPSA) is 58.6 Å². The lowest BCUT2D eigenvalue weighted by atomic mass is 9.79. The van der Waals surface area contributed by atoms with Crippen molar-refractivity contribution in [2.45, 2.75) is 44.7 Å². The van der Waals surface area contributed by atoms with E-state index in [1.165, 1.54) is 5.56 Å². The Bertz CT molecular complexity index is 1230. The number of nitrogens with zero attached hydrogens (tertiary/aromatic N) is 1. The van der Waals surface area contributed by atoms with Crippen LogP contribution < -0.4 is 10.1 Å². The second kappa shape index (κ2) is 8.39. The van der Waals surface area contributed by atoms with Crippen molar-refractivity contribution in [1.82, 2.24) is 4.90 Å². The molecule has 3 aromatic rings. The molecule has 2 aliphatic rings. The van der Waals surface area contributed by atoms with E-state index in [0.29, 0.717) is 11.3 Å². The fraction of sp³-hybridized carbons (Fsp3) is 0.286. The summed E-state index contributed by atoms with van der Waals surface area (Å²) in [6, 6.07) is 20.9. The largest absolute Gasteiger partial charge is 0.497 e. The number of benzene rings is 3. The lowest BCUT2D eigenvalue weighted by molar-refractivity contribution is -0.119. The highest BCUT2D eigenvalue weighted by Gasteiger charge is 2.49. The Labute approximate surface area is 194 Å². The monoisotopic (exact) mass is 440 g/mol. The Morgan fingerprint density at radius 2 is 1.76 bits per heavy atom. The smallest absolute Gasteiger partial charge is 0.254 e. The molecule has 1 aliphatic carbocycles. The number of aryl methyl sites for hydroxylation is 2. The molecule has 0 aromatic heterocycles. The van der Waals surface area contributed by atoms with Gasteiger partial charge in [-0.05, 0) is 79.3 Å². The Morgan fingerprint density at radius 1 is 0.970 bits per heavy atom. The minimum absolute atomic E-state index is 0.00356. The number of amides is 2. The van der Waals surface area contributed by atoms with Crippen LogP contribution in [0.25, 0.3) is 0 Å². The van der Waals surface area contributed by atoms with Gasteiger partial charge in [-0.25, -0.2) is 0 Å². The van der Waals surface area contributed by atoms with Crippen molar-refractivity contribution >= 4 is 17.5 Å². The summed E-state index contributed by atoms with van der Waals surface area (Å²) in [5.41, 5.74) is 5.35. The Hall–Kier alpha value is -3.60. The van der Waals surface area contributed by atoms with Crippen molar-refractivity contribution in [3.63, 3.8) is 0 Å². The molecule has 168 valence electrons. The first-order chi connectivity index (χ1) is 16.0. The fourth-order valence-electron chi connectivity index (χ4n) is 4.81. The third kappa shape index (κ3) is 3.88. The lowest BCUT2D eigenvalue weighted by Crippen LogP contribution is -2.47. The summed E-state index contributed by atoms with van der Waals surface area (Å²) in [7, 11) is 1.63. The normalized spacial score (nSPS) is 19.7. The number of fused-ring (bicyclic) bond motifs is 1. The number of ether oxygens (including phenoxy) is 1. The molecule has 33 heavy (non-hydrogen) atoms. The Kier molecular flexibility index (Phi) is 5.41. The van der Waals surface area contributed by atoms with Gasteiger partial charge in [0, 0.05) is 17.3 Å². The van der Waals surface area contributed by atoms with Crippen LogP contribution >= 0.6 is 0 Å². The van der Waals surface area contributed by atoms with Crippen LogP contribution in [-0.4, -0.2) is 29.9 Å². The number of anilines is 1. The number of hydrogen-bond donors (Lipinski definition) is 1. The zero-order valence-electron chi connectivity index (χ0n) is 19.2. The standard InChI is InChI=1S/C28H28N2O3/c1-17-11-12-20(15-18(17)2)29-27(31)25-23-9-4-5-10-24(23)28(32)30(21-13-14-21)26(25)19-7-6-8-22(16-19)33-3/h4-12,15-16,21,25-26H,13-14H2,1-3H3,(H,29,31). The summed E-state index contributed by atoms with van der Waals surface area (Å²) in [5, 5.41) is 3.14. The molecule has 2 atom stereocenters. The molecule has 0 radical (unpaired) electrons.